The lowest BCUT2D eigenvalue weighted by molar-refractivity contribution is 0.0692. The van der Waals surface area contributed by atoms with E-state index in [1.165, 1.54) is 0 Å². The van der Waals surface area contributed by atoms with E-state index in [0.717, 1.165) is 5.69 Å². The summed E-state index contributed by atoms with van der Waals surface area (Å²) in [5.74, 6) is -0.595. The van der Waals surface area contributed by atoms with Gasteiger partial charge in [-0.2, -0.15) is 10.2 Å². The zero-order valence-electron chi connectivity index (χ0n) is 12.1. The molecule has 7 heteroatoms. The van der Waals surface area contributed by atoms with Crippen LogP contribution in [0.5, 0.6) is 11.6 Å². The zero-order valence-corrected chi connectivity index (χ0v) is 12.1. The number of carbonyl (C=O) groups is 1. The summed E-state index contributed by atoms with van der Waals surface area (Å²) in [5, 5.41) is 21.3. The normalized spacial score (nSPS) is 10.7. The summed E-state index contributed by atoms with van der Waals surface area (Å²) in [4.78, 5) is 11.4. The van der Waals surface area contributed by atoms with Crippen LogP contribution in [-0.2, 0) is 7.05 Å². The third-order valence-electron chi connectivity index (χ3n) is 3.28. The lowest BCUT2D eigenvalue weighted by atomic mass is 10.1. The highest BCUT2D eigenvalue weighted by Crippen LogP contribution is 2.30. The number of rotatable bonds is 3. The molecule has 7 nitrogen and oxygen atoms in total. The lowest BCUT2D eigenvalue weighted by Gasteiger charge is -2.10. The van der Waals surface area contributed by atoms with Crippen molar-refractivity contribution >= 4 is 5.97 Å². The van der Waals surface area contributed by atoms with Crippen molar-refractivity contribution in [2.24, 2.45) is 7.05 Å². The number of ether oxygens (including phenoxy) is 1. The summed E-state index contributed by atoms with van der Waals surface area (Å²) < 4.78 is 7.32. The summed E-state index contributed by atoms with van der Waals surface area (Å²) in [6.45, 7) is 7.02. The molecule has 2 heterocycles. The molecule has 106 valence electrons. The van der Waals surface area contributed by atoms with Crippen LogP contribution in [0, 0.1) is 27.7 Å². The lowest BCUT2D eigenvalue weighted by Crippen LogP contribution is -2.09. The highest BCUT2D eigenvalue weighted by molar-refractivity contribution is 5.92. The van der Waals surface area contributed by atoms with Crippen LogP contribution in [0.3, 0.4) is 0 Å². The first-order valence-corrected chi connectivity index (χ1v) is 6.08. The van der Waals surface area contributed by atoms with E-state index in [1.807, 2.05) is 6.92 Å². The minimum atomic E-state index is -1.09. The Kier molecular flexibility index (Phi) is 3.44. The van der Waals surface area contributed by atoms with Gasteiger partial charge in [0.1, 0.15) is 11.3 Å². The molecular weight excluding hydrogens is 260 g/mol. The molecule has 20 heavy (non-hydrogen) atoms. The fraction of sp³-hybridized carbons (Fsp3) is 0.385. The number of aromatic nitrogens is 4. The van der Waals surface area contributed by atoms with Gasteiger partial charge < -0.3 is 9.84 Å². The number of hydrogen-bond acceptors (Lipinski definition) is 5. The maximum absolute atomic E-state index is 11.4. The molecule has 0 spiro atoms. The van der Waals surface area contributed by atoms with Crippen molar-refractivity contribution in [3.05, 3.63) is 28.2 Å². The summed E-state index contributed by atoms with van der Waals surface area (Å²) >= 11 is 0. The molecule has 0 aliphatic rings. The number of carboxylic acids is 1. The third kappa shape index (κ3) is 2.22. The molecule has 0 aliphatic carbocycles. The van der Waals surface area contributed by atoms with Crippen molar-refractivity contribution in [1.82, 2.24) is 20.0 Å². The first-order valence-electron chi connectivity index (χ1n) is 6.08. The standard InChI is InChI=1S/C13H16N4O3/c1-6-7(2)14-15-12(10(6)13(18)19)20-11-8(3)16-17(5)9(11)4/h1-5H3,(H,18,19). The summed E-state index contributed by atoms with van der Waals surface area (Å²) in [7, 11) is 1.79. The number of hydrogen-bond donors (Lipinski definition) is 1. The van der Waals surface area contributed by atoms with Crippen LogP contribution < -0.4 is 4.74 Å². The summed E-state index contributed by atoms with van der Waals surface area (Å²) in [6, 6.07) is 0. The Bertz CT molecular complexity index is 691. The van der Waals surface area contributed by atoms with Crippen LogP contribution in [0.1, 0.15) is 33.0 Å². The Morgan fingerprint density at radius 2 is 1.80 bits per heavy atom. The average molecular weight is 276 g/mol. The topological polar surface area (TPSA) is 90.1 Å². The molecule has 1 N–H and O–H groups in total. The second-order valence-corrected chi connectivity index (χ2v) is 4.62. The van der Waals surface area contributed by atoms with E-state index in [0.29, 0.717) is 22.7 Å². The Hall–Kier alpha value is -2.44. The van der Waals surface area contributed by atoms with E-state index in [1.54, 1.807) is 32.5 Å². The van der Waals surface area contributed by atoms with Gasteiger partial charge in [-0.15, -0.1) is 5.10 Å². The minimum absolute atomic E-state index is 0.0141. The predicted octanol–water partition coefficient (Wildman–Crippen LogP) is 1.93. The molecule has 0 atom stereocenters. The molecular formula is C13H16N4O3. The molecule has 2 aromatic heterocycles. The second kappa shape index (κ2) is 4.92. The third-order valence-corrected chi connectivity index (χ3v) is 3.28. The Labute approximate surface area is 116 Å². The monoisotopic (exact) mass is 276 g/mol. The molecule has 0 saturated carbocycles. The smallest absolute Gasteiger partial charge is 0.341 e. The van der Waals surface area contributed by atoms with Gasteiger partial charge in [-0.05, 0) is 33.3 Å². The fourth-order valence-electron chi connectivity index (χ4n) is 1.91. The molecule has 0 aromatic carbocycles. The van der Waals surface area contributed by atoms with E-state index in [4.69, 9.17) is 4.74 Å². The van der Waals surface area contributed by atoms with E-state index in [-0.39, 0.29) is 11.4 Å². The SMILES string of the molecule is Cc1nnc(Oc2c(C)nn(C)c2C)c(C(=O)O)c1C. The molecule has 0 radical (unpaired) electrons. The Morgan fingerprint density at radius 3 is 2.30 bits per heavy atom. The number of carboxylic acid groups (broad SMARTS) is 1. The second-order valence-electron chi connectivity index (χ2n) is 4.62. The van der Waals surface area contributed by atoms with Gasteiger partial charge in [0.2, 0.25) is 0 Å². The molecule has 0 unspecified atom stereocenters. The number of aromatic carboxylic acids is 1. The highest BCUT2D eigenvalue weighted by Gasteiger charge is 2.22. The van der Waals surface area contributed by atoms with Crippen molar-refractivity contribution in [2.75, 3.05) is 0 Å². The number of nitrogens with zero attached hydrogens (tertiary/aromatic N) is 4. The van der Waals surface area contributed by atoms with E-state index in [2.05, 4.69) is 15.3 Å². The highest BCUT2D eigenvalue weighted by atomic mass is 16.5. The van der Waals surface area contributed by atoms with Gasteiger partial charge in [0.05, 0.1) is 11.4 Å². The van der Waals surface area contributed by atoms with Gasteiger partial charge >= 0.3 is 5.97 Å². The molecule has 2 aromatic rings. The number of aryl methyl sites for hydroxylation is 3. The summed E-state index contributed by atoms with van der Waals surface area (Å²) in [6.07, 6.45) is 0. The summed E-state index contributed by atoms with van der Waals surface area (Å²) in [5.41, 5.74) is 2.59. The fourth-order valence-corrected chi connectivity index (χ4v) is 1.91. The first-order chi connectivity index (χ1) is 9.32. The van der Waals surface area contributed by atoms with E-state index >= 15 is 0 Å². The van der Waals surface area contributed by atoms with Crippen LogP contribution in [-0.4, -0.2) is 31.1 Å². The van der Waals surface area contributed by atoms with Gasteiger partial charge in [-0.1, -0.05) is 0 Å². The van der Waals surface area contributed by atoms with Crippen molar-refractivity contribution in [3.8, 4) is 11.6 Å². The van der Waals surface area contributed by atoms with Crippen molar-refractivity contribution < 1.29 is 14.6 Å². The minimum Gasteiger partial charge on any atom is -0.477 e. The molecule has 2 rings (SSSR count). The van der Waals surface area contributed by atoms with Crippen LogP contribution in [0.15, 0.2) is 0 Å². The average Bonchev–Trinajstić information content (AvgIpc) is 2.60. The molecule has 0 saturated heterocycles. The molecule has 0 fully saturated rings. The largest absolute Gasteiger partial charge is 0.477 e. The maximum Gasteiger partial charge on any atom is 0.341 e. The van der Waals surface area contributed by atoms with Gasteiger partial charge in [0.15, 0.2) is 5.75 Å². The molecule has 0 amide bonds. The van der Waals surface area contributed by atoms with Crippen LogP contribution in [0.4, 0.5) is 0 Å². The Morgan fingerprint density at radius 1 is 1.15 bits per heavy atom. The van der Waals surface area contributed by atoms with Crippen molar-refractivity contribution in [3.63, 3.8) is 0 Å². The first kappa shape index (κ1) is 14.0. The molecule has 0 aliphatic heterocycles. The Balaban J connectivity index is 2.54. The van der Waals surface area contributed by atoms with Crippen LogP contribution in [0.2, 0.25) is 0 Å². The van der Waals surface area contributed by atoms with Crippen LogP contribution >= 0.6 is 0 Å². The van der Waals surface area contributed by atoms with Gasteiger partial charge in [0, 0.05) is 7.05 Å². The van der Waals surface area contributed by atoms with E-state index < -0.39 is 5.97 Å². The van der Waals surface area contributed by atoms with Crippen LogP contribution in [0.25, 0.3) is 0 Å². The van der Waals surface area contributed by atoms with Crippen molar-refractivity contribution in [2.45, 2.75) is 27.7 Å². The zero-order chi connectivity index (χ0) is 15.0. The van der Waals surface area contributed by atoms with Gasteiger partial charge in [0.25, 0.3) is 5.88 Å². The van der Waals surface area contributed by atoms with Crippen molar-refractivity contribution in [1.29, 1.82) is 0 Å². The maximum atomic E-state index is 11.4. The van der Waals surface area contributed by atoms with E-state index in [9.17, 15) is 9.90 Å². The predicted molar refractivity (Wildman–Crippen MR) is 71.2 cm³/mol. The van der Waals surface area contributed by atoms with Gasteiger partial charge in [-0.3, -0.25) is 4.68 Å². The quantitative estimate of drug-likeness (QED) is 0.921. The molecule has 0 bridgehead atoms. The van der Waals surface area contributed by atoms with Gasteiger partial charge in [-0.25, -0.2) is 4.79 Å².